The first-order valence-corrected chi connectivity index (χ1v) is 6.02. The summed E-state index contributed by atoms with van der Waals surface area (Å²) in [5.74, 6) is -0.221. The molecule has 0 amide bonds. The summed E-state index contributed by atoms with van der Waals surface area (Å²) < 4.78 is 4.59. The number of carbonyl (C=O) groups excluding carboxylic acids is 1. The van der Waals surface area contributed by atoms with Crippen molar-refractivity contribution in [1.82, 2.24) is 0 Å². The van der Waals surface area contributed by atoms with E-state index in [0.29, 0.717) is 26.1 Å². The van der Waals surface area contributed by atoms with Gasteiger partial charge in [-0.2, -0.15) is 9.78 Å². The smallest absolute Gasteiger partial charge is 0.305 e. The second-order valence-electron chi connectivity index (χ2n) is 3.99. The van der Waals surface area contributed by atoms with Crippen molar-refractivity contribution in [2.24, 2.45) is 0 Å². The highest BCUT2D eigenvalue weighted by atomic mass is 17.3. The van der Waals surface area contributed by atoms with E-state index in [-0.39, 0.29) is 5.97 Å². The predicted molar refractivity (Wildman–Crippen MR) is 63.6 cm³/mol. The Labute approximate surface area is 111 Å². The van der Waals surface area contributed by atoms with Gasteiger partial charge in [-0.05, 0) is 12.0 Å². The maximum absolute atomic E-state index is 11.0. The van der Waals surface area contributed by atoms with Gasteiger partial charge in [0.1, 0.15) is 13.2 Å². The zero-order valence-electron chi connectivity index (χ0n) is 10.7. The lowest BCUT2D eigenvalue weighted by atomic mass is 10.1. The molecule has 1 aromatic carbocycles. The SMILES string of the molecule is COC(=O)CCc1ccc(C2OOCCOO2)cc1. The monoisotopic (exact) mass is 268 g/mol. The second-order valence-corrected chi connectivity index (χ2v) is 3.99. The van der Waals surface area contributed by atoms with Crippen molar-refractivity contribution in [2.75, 3.05) is 20.3 Å². The van der Waals surface area contributed by atoms with E-state index >= 15 is 0 Å². The summed E-state index contributed by atoms with van der Waals surface area (Å²) in [6.07, 6.45) is 0.294. The summed E-state index contributed by atoms with van der Waals surface area (Å²) in [5.41, 5.74) is 1.81. The lowest BCUT2D eigenvalue weighted by Crippen LogP contribution is -2.06. The molecule has 1 fully saturated rings. The molecule has 2 rings (SSSR count). The number of benzene rings is 1. The Kier molecular flexibility index (Phi) is 5.29. The molecular weight excluding hydrogens is 252 g/mol. The number of esters is 1. The van der Waals surface area contributed by atoms with Crippen molar-refractivity contribution in [3.63, 3.8) is 0 Å². The first kappa shape index (κ1) is 14.0. The minimum absolute atomic E-state index is 0.221. The summed E-state index contributed by atoms with van der Waals surface area (Å²) in [6.45, 7) is 0.654. The number of ether oxygens (including phenoxy) is 1. The van der Waals surface area contributed by atoms with Crippen LogP contribution in [0.15, 0.2) is 24.3 Å². The van der Waals surface area contributed by atoms with E-state index in [1.54, 1.807) is 0 Å². The van der Waals surface area contributed by atoms with Crippen molar-refractivity contribution in [1.29, 1.82) is 0 Å². The van der Waals surface area contributed by atoms with Gasteiger partial charge in [-0.15, -0.1) is 0 Å². The minimum Gasteiger partial charge on any atom is -0.469 e. The summed E-state index contributed by atoms with van der Waals surface area (Å²) in [7, 11) is 1.38. The van der Waals surface area contributed by atoms with E-state index < -0.39 is 6.29 Å². The Morgan fingerprint density at radius 3 is 2.42 bits per heavy atom. The molecule has 0 aromatic heterocycles. The molecule has 6 nitrogen and oxygen atoms in total. The molecule has 0 unspecified atom stereocenters. The average molecular weight is 268 g/mol. The van der Waals surface area contributed by atoms with Crippen molar-refractivity contribution in [3.8, 4) is 0 Å². The number of carbonyl (C=O) groups is 1. The molecule has 0 radical (unpaired) electrons. The van der Waals surface area contributed by atoms with Gasteiger partial charge >= 0.3 is 5.97 Å². The topological polar surface area (TPSA) is 63.2 Å². The molecule has 0 spiro atoms. The molecular formula is C13H16O6. The van der Waals surface area contributed by atoms with E-state index in [2.05, 4.69) is 4.74 Å². The van der Waals surface area contributed by atoms with Crippen molar-refractivity contribution in [2.45, 2.75) is 19.1 Å². The van der Waals surface area contributed by atoms with E-state index in [1.165, 1.54) is 7.11 Å². The van der Waals surface area contributed by atoms with Crippen LogP contribution in [0.25, 0.3) is 0 Å². The number of methoxy groups -OCH3 is 1. The van der Waals surface area contributed by atoms with Crippen LogP contribution in [0.2, 0.25) is 0 Å². The Hall–Kier alpha value is -1.47. The Balaban J connectivity index is 1.91. The maximum atomic E-state index is 11.0. The van der Waals surface area contributed by atoms with Gasteiger partial charge in [0.05, 0.1) is 7.11 Å². The van der Waals surface area contributed by atoms with Gasteiger partial charge in [0.2, 0.25) is 6.29 Å². The van der Waals surface area contributed by atoms with Crippen LogP contribution in [0.1, 0.15) is 23.8 Å². The molecule has 19 heavy (non-hydrogen) atoms. The second kappa shape index (κ2) is 7.20. The Morgan fingerprint density at radius 1 is 1.21 bits per heavy atom. The van der Waals surface area contributed by atoms with Crippen LogP contribution in [-0.2, 0) is 35.5 Å². The molecule has 0 atom stereocenters. The minimum atomic E-state index is -0.697. The van der Waals surface area contributed by atoms with E-state index in [1.807, 2.05) is 24.3 Å². The molecule has 0 aliphatic carbocycles. The third-order valence-electron chi connectivity index (χ3n) is 2.66. The van der Waals surface area contributed by atoms with E-state index in [0.717, 1.165) is 11.1 Å². The van der Waals surface area contributed by atoms with Gasteiger partial charge in [0.25, 0.3) is 0 Å². The highest BCUT2D eigenvalue weighted by molar-refractivity contribution is 5.69. The van der Waals surface area contributed by atoms with Gasteiger partial charge in [-0.3, -0.25) is 4.79 Å². The molecule has 0 saturated carbocycles. The molecule has 1 aliphatic rings. The first-order valence-electron chi connectivity index (χ1n) is 6.02. The molecule has 1 saturated heterocycles. The van der Waals surface area contributed by atoms with Crippen LogP contribution in [0.3, 0.4) is 0 Å². The zero-order chi connectivity index (χ0) is 13.5. The number of rotatable bonds is 4. The highest BCUT2D eigenvalue weighted by Crippen LogP contribution is 2.22. The van der Waals surface area contributed by atoms with Crippen LogP contribution in [0.4, 0.5) is 0 Å². The summed E-state index contributed by atoms with van der Waals surface area (Å²) in [4.78, 5) is 30.8. The number of hydrogen-bond acceptors (Lipinski definition) is 6. The Morgan fingerprint density at radius 2 is 1.84 bits per heavy atom. The molecule has 0 N–H and O–H groups in total. The molecule has 1 heterocycles. The normalized spacial score (nSPS) is 16.9. The van der Waals surface area contributed by atoms with Crippen LogP contribution in [0.5, 0.6) is 0 Å². The zero-order valence-corrected chi connectivity index (χ0v) is 10.7. The lowest BCUT2D eigenvalue weighted by Gasteiger charge is -2.12. The fourth-order valence-corrected chi connectivity index (χ4v) is 1.60. The molecule has 6 heteroatoms. The third-order valence-corrected chi connectivity index (χ3v) is 2.66. The van der Waals surface area contributed by atoms with Crippen LogP contribution in [0, 0.1) is 0 Å². The third kappa shape index (κ3) is 4.29. The fraction of sp³-hybridized carbons (Fsp3) is 0.462. The van der Waals surface area contributed by atoms with Crippen LogP contribution < -0.4 is 0 Å². The van der Waals surface area contributed by atoms with Crippen LogP contribution in [-0.4, -0.2) is 26.3 Å². The summed E-state index contributed by atoms with van der Waals surface area (Å²) in [5, 5.41) is 0. The number of hydrogen-bond donors (Lipinski definition) is 0. The summed E-state index contributed by atoms with van der Waals surface area (Å²) >= 11 is 0. The van der Waals surface area contributed by atoms with Crippen LogP contribution >= 0.6 is 0 Å². The fourth-order valence-electron chi connectivity index (χ4n) is 1.60. The number of aryl methyl sites for hydroxylation is 1. The molecule has 0 bridgehead atoms. The first-order chi connectivity index (χ1) is 9.29. The van der Waals surface area contributed by atoms with Gasteiger partial charge in [0.15, 0.2) is 0 Å². The molecule has 104 valence electrons. The Bertz CT molecular complexity index is 394. The highest BCUT2D eigenvalue weighted by Gasteiger charge is 2.18. The maximum Gasteiger partial charge on any atom is 0.305 e. The van der Waals surface area contributed by atoms with Gasteiger partial charge in [0, 0.05) is 12.0 Å². The largest absolute Gasteiger partial charge is 0.469 e. The molecule has 1 aromatic rings. The van der Waals surface area contributed by atoms with Gasteiger partial charge in [-0.1, -0.05) is 24.3 Å². The standard InChI is InChI=1S/C13H16O6/c1-15-12(14)7-4-10-2-5-11(6-3-10)13-18-16-8-9-17-19-13/h2-3,5-6,13H,4,7-9H2,1H3. The van der Waals surface area contributed by atoms with E-state index in [4.69, 9.17) is 19.6 Å². The van der Waals surface area contributed by atoms with Gasteiger partial charge in [-0.25, -0.2) is 9.78 Å². The van der Waals surface area contributed by atoms with E-state index in [9.17, 15) is 4.79 Å². The average Bonchev–Trinajstić information content (AvgIpc) is 2.74. The van der Waals surface area contributed by atoms with Gasteiger partial charge < -0.3 is 4.74 Å². The summed E-state index contributed by atoms with van der Waals surface area (Å²) in [6, 6.07) is 7.48. The predicted octanol–water partition coefficient (Wildman–Crippen LogP) is 1.70. The van der Waals surface area contributed by atoms with Crippen molar-refractivity contribution < 1.29 is 29.1 Å². The quantitative estimate of drug-likeness (QED) is 0.612. The van der Waals surface area contributed by atoms with Crippen molar-refractivity contribution in [3.05, 3.63) is 35.4 Å². The molecule has 1 aliphatic heterocycles. The lowest BCUT2D eigenvalue weighted by molar-refractivity contribution is -0.430. The van der Waals surface area contributed by atoms with Crippen molar-refractivity contribution >= 4 is 5.97 Å².